The van der Waals surface area contributed by atoms with Gasteiger partial charge in [-0.05, 0) is 36.8 Å². The molecule has 146 valence electrons. The fourth-order valence-electron chi connectivity index (χ4n) is 3.47. The maximum absolute atomic E-state index is 13.5. The van der Waals surface area contributed by atoms with Crippen molar-refractivity contribution in [3.8, 4) is 0 Å². The number of aryl methyl sites for hydroxylation is 1. The van der Waals surface area contributed by atoms with Gasteiger partial charge in [0, 0.05) is 5.56 Å². The number of Topliss-reactive ketones (excluding diaryl/α,β-unsaturated/α-hetero) is 1. The van der Waals surface area contributed by atoms with E-state index < -0.39 is 23.5 Å². The van der Waals surface area contributed by atoms with Crippen molar-refractivity contribution in [1.29, 1.82) is 0 Å². The minimum atomic E-state index is -0.859. The molecule has 1 aromatic heterocycles. The van der Waals surface area contributed by atoms with Crippen molar-refractivity contribution in [2.45, 2.75) is 19.5 Å². The first kappa shape index (κ1) is 18.7. The van der Waals surface area contributed by atoms with Crippen LogP contribution in [-0.4, -0.2) is 21.7 Å². The average molecular weight is 391 g/mol. The number of halogens is 1. The normalized spacial score (nSPS) is 18.4. The molecule has 4 rings (SSSR count). The van der Waals surface area contributed by atoms with Crippen LogP contribution in [-0.2, 0) is 16.1 Å². The Balaban J connectivity index is 1.86. The Morgan fingerprint density at radius 2 is 1.76 bits per heavy atom. The minimum Gasteiger partial charge on any atom is -0.507 e. The number of furan rings is 1. The number of nitrogens with zero attached hydrogens (tertiary/aromatic N) is 1. The van der Waals surface area contributed by atoms with E-state index in [1.54, 1.807) is 36.4 Å². The van der Waals surface area contributed by atoms with Gasteiger partial charge in [0.25, 0.3) is 11.7 Å². The molecule has 1 aliphatic rings. The number of rotatable bonds is 4. The van der Waals surface area contributed by atoms with Gasteiger partial charge in [0.2, 0.25) is 0 Å². The number of carbonyl (C=O) groups is 2. The van der Waals surface area contributed by atoms with E-state index in [0.29, 0.717) is 16.9 Å². The standard InChI is InChI=1S/C23H18FNO4/c1-14-4-6-16(7-5-14)21(26)19-20(15-8-10-17(24)11-9-15)25(23(28)22(19)27)13-18-3-2-12-29-18/h2-12,20,26H,13H2,1H3/t20-/m1/s1. The molecular formula is C23H18FNO4. The van der Waals surface area contributed by atoms with Crippen molar-refractivity contribution in [2.75, 3.05) is 0 Å². The lowest BCUT2D eigenvalue weighted by Crippen LogP contribution is -2.29. The van der Waals surface area contributed by atoms with Gasteiger partial charge < -0.3 is 14.4 Å². The van der Waals surface area contributed by atoms with Gasteiger partial charge in [-0.25, -0.2) is 4.39 Å². The number of amides is 1. The molecule has 0 aliphatic carbocycles. The Hall–Kier alpha value is -3.67. The maximum atomic E-state index is 13.5. The molecular weight excluding hydrogens is 373 g/mol. The zero-order valence-corrected chi connectivity index (χ0v) is 15.6. The van der Waals surface area contributed by atoms with Gasteiger partial charge in [0.05, 0.1) is 24.4 Å². The summed E-state index contributed by atoms with van der Waals surface area (Å²) in [6, 6.07) is 15.0. The van der Waals surface area contributed by atoms with Gasteiger partial charge in [-0.15, -0.1) is 0 Å². The van der Waals surface area contributed by atoms with Gasteiger partial charge in [-0.3, -0.25) is 9.59 Å². The summed E-state index contributed by atoms with van der Waals surface area (Å²) >= 11 is 0. The summed E-state index contributed by atoms with van der Waals surface area (Å²) in [5.74, 6) is -1.74. The van der Waals surface area contributed by atoms with Gasteiger partial charge in [0.1, 0.15) is 17.3 Å². The summed E-state index contributed by atoms with van der Waals surface area (Å²) in [6.07, 6.45) is 1.48. The second kappa shape index (κ2) is 7.39. The third-order valence-corrected chi connectivity index (χ3v) is 4.96. The molecule has 1 aliphatic heterocycles. The molecule has 2 aromatic carbocycles. The van der Waals surface area contributed by atoms with E-state index in [0.717, 1.165) is 5.56 Å². The quantitative estimate of drug-likeness (QED) is 0.408. The average Bonchev–Trinajstić information content (AvgIpc) is 3.31. The minimum absolute atomic E-state index is 0.0305. The fraction of sp³-hybridized carbons (Fsp3) is 0.130. The van der Waals surface area contributed by atoms with Crippen LogP contribution >= 0.6 is 0 Å². The number of aliphatic hydroxyl groups excluding tert-OH is 1. The van der Waals surface area contributed by atoms with Crippen LogP contribution in [0.1, 0.15) is 28.5 Å². The molecule has 0 bridgehead atoms. The summed E-state index contributed by atoms with van der Waals surface area (Å²) < 4.78 is 18.8. The third-order valence-electron chi connectivity index (χ3n) is 4.96. The number of carbonyl (C=O) groups excluding carboxylic acids is 2. The number of benzene rings is 2. The Morgan fingerprint density at radius 3 is 2.38 bits per heavy atom. The number of ketones is 1. The summed E-state index contributed by atoms with van der Waals surface area (Å²) in [7, 11) is 0. The Morgan fingerprint density at radius 1 is 1.07 bits per heavy atom. The molecule has 29 heavy (non-hydrogen) atoms. The highest BCUT2D eigenvalue weighted by molar-refractivity contribution is 6.46. The highest BCUT2D eigenvalue weighted by Crippen LogP contribution is 2.40. The summed E-state index contributed by atoms with van der Waals surface area (Å²) in [6.45, 7) is 1.95. The molecule has 0 saturated carbocycles. The van der Waals surface area contributed by atoms with E-state index in [4.69, 9.17) is 4.42 Å². The van der Waals surface area contributed by atoms with E-state index in [1.165, 1.54) is 35.4 Å². The van der Waals surface area contributed by atoms with E-state index >= 15 is 0 Å². The van der Waals surface area contributed by atoms with Crippen molar-refractivity contribution < 1.29 is 23.5 Å². The molecule has 3 aromatic rings. The predicted octanol–water partition coefficient (Wildman–Crippen LogP) is 4.35. The molecule has 1 N–H and O–H groups in total. The molecule has 1 fully saturated rings. The zero-order chi connectivity index (χ0) is 20.5. The highest BCUT2D eigenvalue weighted by atomic mass is 19.1. The van der Waals surface area contributed by atoms with E-state index in [-0.39, 0.29) is 17.9 Å². The molecule has 0 radical (unpaired) electrons. The van der Waals surface area contributed by atoms with Gasteiger partial charge in [-0.2, -0.15) is 0 Å². The van der Waals surface area contributed by atoms with Crippen molar-refractivity contribution in [3.05, 3.63) is 101 Å². The van der Waals surface area contributed by atoms with Crippen LogP contribution in [0.4, 0.5) is 4.39 Å². The van der Waals surface area contributed by atoms with Crippen molar-refractivity contribution >= 4 is 17.4 Å². The number of hydrogen-bond donors (Lipinski definition) is 1. The summed E-state index contributed by atoms with van der Waals surface area (Å²) in [5, 5.41) is 10.9. The molecule has 1 saturated heterocycles. The van der Waals surface area contributed by atoms with Crippen LogP contribution in [0.15, 0.2) is 76.9 Å². The van der Waals surface area contributed by atoms with E-state index in [1.807, 2.05) is 6.92 Å². The zero-order valence-electron chi connectivity index (χ0n) is 15.6. The molecule has 6 heteroatoms. The largest absolute Gasteiger partial charge is 0.507 e. The fourth-order valence-corrected chi connectivity index (χ4v) is 3.47. The molecule has 1 amide bonds. The maximum Gasteiger partial charge on any atom is 0.296 e. The van der Waals surface area contributed by atoms with Crippen LogP contribution in [0.25, 0.3) is 5.76 Å². The predicted molar refractivity (Wildman–Crippen MR) is 104 cm³/mol. The Labute approximate surface area is 166 Å². The Bertz CT molecular complexity index is 1080. The lowest BCUT2D eigenvalue weighted by Gasteiger charge is -2.24. The Kier molecular flexibility index (Phi) is 4.76. The van der Waals surface area contributed by atoms with Crippen molar-refractivity contribution in [2.24, 2.45) is 0 Å². The van der Waals surface area contributed by atoms with Crippen molar-refractivity contribution in [3.63, 3.8) is 0 Å². The number of hydrogen-bond acceptors (Lipinski definition) is 4. The first-order valence-electron chi connectivity index (χ1n) is 9.09. The smallest absolute Gasteiger partial charge is 0.296 e. The number of aliphatic hydroxyl groups is 1. The van der Waals surface area contributed by atoms with Crippen LogP contribution in [0.2, 0.25) is 0 Å². The van der Waals surface area contributed by atoms with Gasteiger partial charge in [-0.1, -0.05) is 42.0 Å². The molecule has 0 unspecified atom stereocenters. The number of likely N-dealkylation sites (tertiary alicyclic amines) is 1. The van der Waals surface area contributed by atoms with E-state index in [9.17, 15) is 19.1 Å². The second-order valence-electron chi connectivity index (χ2n) is 6.92. The van der Waals surface area contributed by atoms with E-state index in [2.05, 4.69) is 0 Å². The van der Waals surface area contributed by atoms with Crippen LogP contribution < -0.4 is 0 Å². The van der Waals surface area contributed by atoms with Gasteiger partial charge in [0.15, 0.2) is 0 Å². The van der Waals surface area contributed by atoms with Crippen LogP contribution in [0, 0.1) is 12.7 Å². The molecule has 5 nitrogen and oxygen atoms in total. The summed E-state index contributed by atoms with van der Waals surface area (Å²) in [5.41, 5.74) is 1.91. The highest BCUT2D eigenvalue weighted by Gasteiger charge is 2.46. The van der Waals surface area contributed by atoms with Crippen LogP contribution in [0.3, 0.4) is 0 Å². The SMILES string of the molecule is Cc1ccc(C(O)=C2C(=O)C(=O)N(Cc3ccco3)[C@@H]2c2ccc(F)cc2)cc1. The second-order valence-corrected chi connectivity index (χ2v) is 6.92. The van der Waals surface area contributed by atoms with Crippen molar-refractivity contribution in [1.82, 2.24) is 4.90 Å². The van der Waals surface area contributed by atoms with Crippen LogP contribution in [0.5, 0.6) is 0 Å². The van der Waals surface area contributed by atoms with Gasteiger partial charge >= 0.3 is 0 Å². The lowest BCUT2D eigenvalue weighted by molar-refractivity contribution is -0.140. The monoisotopic (exact) mass is 391 g/mol. The summed E-state index contributed by atoms with van der Waals surface area (Å²) in [4.78, 5) is 27.0. The molecule has 2 heterocycles. The molecule has 0 spiro atoms. The topological polar surface area (TPSA) is 70.8 Å². The molecule has 1 atom stereocenters. The lowest BCUT2D eigenvalue weighted by atomic mass is 9.95. The third kappa shape index (κ3) is 3.45. The first-order valence-corrected chi connectivity index (χ1v) is 9.09. The first-order chi connectivity index (χ1) is 14.0.